The Morgan fingerprint density at radius 1 is 1.21 bits per heavy atom. The van der Waals surface area contributed by atoms with Gasteiger partial charge in [0.25, 0.3) is 5.91 Å². The molecule has 0 aromatic heterocycles. The van der Waals surface area contributed by atoms with Crippen LogP contribution in [0.1, 0.15) is 12.0 Å². The molecule has 29 heavy (non-hydrogen) atoms. The molecule has 2 aliphatic rings. The largest absolute Gasteiger partial charge is 0.486 e. The van der Waals surface area contributed by atoms with E-state index in [9.17, 15) is 9.18 Å². The van der Waals surface area contributed by atoms with Crippen LogP contribution in [0.25, 0.3) is 0 Å². The monoisotopic (exact) mass is 412 g/mol. The minimum atomic E-state index is -0.550. The molecule has 0 fully saturated rings. The molecule has 0 atom stereocenters. The maximum atomic E-state index is 14.6. The average molecular weight is 413 g/mol. The Bertz CT molecular complexity index is 1020. The van der Waals surface area contributed by atoms with E-state index in [-0.39, 0.29) is 47.9 Å². The number of halogens is 2. The van der Waals surface area contributed by atoms with Crippen molar-refractivity contribution >= 4 is 29.4 Å². The van der Waals surface area contributed by atoms with Crippen molar-refractivity contribution in [2.24, 2.45) is 4.99 Å². The van der Waals surface area contributed by atoms with Crippen LogP contribution in [0.4, 0.5) is 10.1 Å². The normalized spacial score (nSPS) is 16.6. The second-order valence-electron chi connectivity index (χ2n) is 6.47. The molecule has 0 unspecified atom stereocenters. The Morgan fingerprint density at radius 3 is 2.83 bits per heavy atom. The molecule has 0 saturated carbocycles. The van der Waals surface area contributed by atoms with Crippen LogP contribution < -0.4 is 9.64 Å². The summed E-state index contributed by atoms with van der Waals surface area (Å²) >= 11 is 6.27. The number of hydrogen-bond donors (Lipinski definition) is 0. The topological polar surface area (TPSA) is 51.1 Å². The lowest BCUT2D eigenvalue weighted by molar-refractivity contribution is -0.114. The number of ether oxygens (including phenoxy) is 2. The van der Waals surface area contributed by atoms with Gasteiger partial charge >= 0.3 is 0 Å². The SMILES string of the molecule is O=C1C2=C(N=CCC=C2Cl)OCCN1c1ccc(OCc2ccccc2)c(F)c1. The first-order valence-corrected chi connectivity index (χ1v) is 9.55. The number of rotatable bonds is 4. The lowest BCUT2D eigenvalue weighted by Gasteiger charge is -2.21. The number of amides is 1. The van der Waals surface area contributed by atoms with Crippen LogP contribution in [0.2, 0.25) is 0 Å². The Balaban J connectivity index is 1.56. The molecule has 0 spiro atoms. The van der Waals surface area contributed by atoms with Crippen LogP contribution in [-0.2, 0) is 16.1 Å². The molecule has 2 aromatic rings. The highest BCUT2D eigenvalue weighted by Gasteiger charge is 2.30. The van der Waals surface area contributed by atoms with Crippen molar-refractivity contribution in [1.29, 1.82) is 0 Å². The Labute approximate surface area is 172 Å². The maximum absolute atomic E-state index is 14.6. The zero-order valence-corrected chi connectivity index (χ0v) is 16.2. The molecule has 2 heterocycles. The molecular formula is C22H18ClFN2O3. The van der Waals surface area contributed by atoms with Gasteiger partial charge in [-0.1, -0.05) is 48.0 Å². The van der Waals surface area contributed by atoms with Crippen LogP contribution in [0.15, 0.2) is 76.1 Å². The van der Waals surface area contributed by atoms with Gasteiger partial charge in [0.15, 0.2) is 11.6 Å². The van der Waals surface area contributed by atoms with E-state index in [2.05, 4.69) is 4.99 Å². The van der Waals surface area contributed by atoms with Gasteiger partial charge in [-0.15, -0.1) is 0 Å². The van der Waals surface area contributed by atoms with E-state index in [0.29, 0.717) is 12.1 Å². The van der Waals surface area contributed by atoms with Gasteiger partial charge in [0.2, 0.25) is 5.88 Å². The van der Waals surface area contributed by atoms with Crippen molar-refractivity contribution in [2.45, 2.75) is 13.0 Å². The van der Waals surface area contributed by atoms with E-state index in [1.165, 1.54) is 17.0 Å². The summed E-state index contributed by atoms with van der Waals surface area (Å²) in [5.41, 5.74) is 1.52. The predicted molar refractivity (Wildman–Crippen MR) is 110 cm³/mol. The number of nitrogens with zero attached hydrogens (tertiary/aromatic N) is 2. The first-order chi connectivity index (χ1) is 14.1. The molecule has 2 aliphatic heterocycles. The van der Waals surface area contributed by atoms with E-state index < -0.39 is 5.82 Å². The maximum Gasteiger partial charge on any atom is 0.265 e. The number of carbonyl (C=O) groups excluding carboxylic acids is 1. The molecule has 7 heteroatoms. The molecule has 4 rings (SSSR count). The van der Waals surface area contributed by atoms with Crippen molar-refractivity contribution in [2.75, 3.05) is 18.1 Å². The van der Waals surface area contributed by atoms with Gasteiger partial charge in [0.1, 0.15) is 18.8 Å². The fraction of sp³-hybridized carbons (Fsp3) is 0.182. The van der Waals surface area contributed by atoms with Crippen LogP contribution in [0.5, 0.6) is 5.75 Å². The molecule has 0 N–H and O–H groups in total. The summed E-state index contributed by atoms with van der Waals surface area (Å²) in [5.74, 6) is -0.617. The Morgan fingerprint density at radius 2 is 2.03 bits per heavy atom. The number of allylic oxidation sites excluding steroid dienone is 1. The van der Waals surface area contributed by atoms with Gasteiger partial charge in [-0.25, -0.2) is 9.38 Å². The number of benzene rings is 2. The molecule has 0 bridgehead atoms. The zero-order valence-electron chi connectivity index (χ0n) is 15.5. The summed E-state index contributed by atoms with van der Waals surface area (Å²) in [6.45, 7) is 0.720. The van der Waals surface area contributed by atoms with Crippen molar-refractivity contribution < 1.29 is 18.7 Å². The van der Waals surface area contributed by atoms with E-state index >= 15 is 0 Å². The third kappa shape index (κ3) is 4.17. The van der Waals surface area contributed by atoms with Gasteiger partial charge in [-0.2, -0.15) is 0 Å². The summed E-state index contributed by atoms with van der Waals surface area (Å²) in [6.07, 6.45) is 3.83. The van der Waals surface area contributed by atoms with Gasteiger partial charge in [-0.05, 0) is 17.7 Å². The molecule has 0 radical (unpaired) electrons. The standard InChI is InChI=1S/C22H18ClFN2O3/c23-17-7-4-10-25-21-20(17)22(27)26(11-12-28-21)16-8-9-19(18(24)13-16)29-14-15-5-2-1-3-6-15/h1-3,5-10,13H,4,11-12,14H2. The molecule has 2 aromatic carbocycles. The average Bonchev–Trinajstić information content (AvgIpc) is 3.01. The minimum absolute atomic E-state index is 0.119. The van der Waals surface area contributed by atoms with Crippen LogP contribution >= 0.6 is 11.6 Å². The Hall–Kier alpha value is -3.12. The third-order valence-corrected chi connectivity index (χ3v) is 4.88. The highest BCUT2D eigenvalue weighted by Crippen LogP contribution is 2.31. The first kappa shape index (κ1) is 19.2. The molecule has 148 valence electrons. The lowest BCUT2D eigenvalue weighted by Crippen LogP contribution is -2.33. The van der Waals surface area contributed by atoms with E-state index in [4.69, 9.17) is 21.1 Å². The summed E-state index contributed by atoms with van der Waals surface area (Å²) < 4.78 is 25.8. The van der Waals surface area contributed by atoms with Gasteiger partial charge in [0, 0.05) is 24.4 Å². The molecule has 5 nitrogen and oxygen atoms in total. The van der Waals surface area contributed by atoms with Gasteiger partial charge in [0.05, 0.1) is 11.6 Å². The van der Waals surface area contributed by atoms with Crippen molar-refractivity contribution in [3.05, 3.63) is 82.5 Å². The van der Waals surface area contributed by atoms with E-state index in [0.717, 1.165) is 5.56 Å². The fourth-order valence-corrected chi connectivity index (χ4v) is 3.34. The first-order valence-electron chi connectivity index (χ1n) is 9.17. The smallest absolute Gasteiger partial charge is 0.265 e. The zero-order chi connectivity index (χ0) is 20.2. The van der Waals surface area contributed by atoms with Gasteiger partial charge in [-0.3, -0.25) is 4.79 Å². The second-order valence-corrected chi connectivity index (χ2v) is 6.88. The summed E-state index contributed by atoms with van der Waals surface area (Å²) in [7, 11) is 0. The molecule has 1 amide bonds. The number of carbonyl (C=O) groups is 1. The van der Waals surface area contributed by atoms with E-state index in [1.54, 1.807) is 18.4 Å². The number of anilines is 1. The predicted octanol–water partition coefficient (Wildman–Crippen LogP) is 4.58. The Kier molecular flexibility index (Phi) is 5.62. The lowest BCUT2D eigenvalue weighted by atomic mass is 10.2. The third-order valence-electron chi connectivity index (χ3n) is 4.54. The highest BCUT2D eigenvalue weighted by molar-refractivity contribution is 6.36. The quantitative estimate of drug-likeness (QED) is 0.738. The van der Waals surface area contributed by atoms with Crippen LogP contribution in [-0.4, -0.2) is 25.3 Å². The summed E-state index contributed by atoms with van der Waals surface area (Å²) in [6, 6.07) is 13.9. The number of aliphatic imine (C=N–C) groups is 1. The summed E-state index contributed by atoms with van der Waals surface area (Å²) in [5, 5.41) is 0.276. The van der Waals surface area contributed by atoms with Crippen molar-refractivity contribution in [1.82, 2.24) is 0 Å². The van der Waals surface area contributed by atoms with Crippen molar-refractivity contribution in [3.63, 3.8) is 0 Å². The van der Waals surface area contributed by atoms with Crippen LogP contribution in [0.3, 0.4) is 0 Å². The highest BCUT2D eigenvalue weighted by atomic mass is 35.5. The minimum Gasteiger partial charge on any atom is -0.486 e. The number of hydrogen-bond acceptors (Lipinski definition) is 4. The van der Waals surface area contributed by atoms with E-state index in [1.807, 2.05) is 30.3 Å². The fourth-order valence-electron chi connectivity index (χ4n) is 3.09. The molecule has 0 saturated heterocycles. The van der Waals surface area contributed by atoms with Crippen molar-refractivity contribution in [3.8, 4) is 5.75 Å². The van der Waals surface area contributed by atoms with Crippen LogP contribution in [0, 0.1) is 5.82 Å². The second kappa shape index (κ2) is 8.49. The molecule has 0 aliphatic carbocycles. The molecular weight excluding hydrogens is 395 g/mol. The summed E-state index contributed by atoms with van der Waals surface area (Å²) in [4.78, 5) is 18.7. The van der Waals surface area contributed by atoms with Gasteiger partial charge < -0.3 is 14.4 Å².